The average Bonchev–Trinajstić information content (AvgIpc) is 3.47. The summed E-state index contributed by atoms with van der Waals surface area (Å²) in [6.45, 7) is 4.71. The van der Waals surface area contributed by atoms with Crippen molar-refractivity contribution < 1.29 is 33.5 Å². The minimum absolute atomic E-state index is 0.0146. The van der Waals surface area contributed by atoms with E-state index >= 15 is 0 Å². The average molecular weight is 663 g/mol. The number of hydrogen-bond donors (Lipinski definition) is 4. The lowest BCUT2D eigenvalue weighted by molar-refractivity contribution is -0.139. The van der Waals surface area contributed by atoms with Crippen molar-refractivity contribution >= 4 is 35.4 Å². The third-order valence-corrected chi connectivity index (χ3v) is 8.35. The molecule has 0 saturated carbocycles. The van der Waals surface area contributed by atoms with Gasteiger partial charge in [0, 0.05) is 33.1 Å². The van der Waals surface area contributed by atoms with Crippen LogP contribution in [-0.2, 0) is 30.4 Å². The van der Waals surface area contributed by atoms with Gasteiger partial charge in [0.05, 0.1) is 24.6 Å². The van der Waals surface area contributed by atoms with Gasteiger partial charge in [-0.2, -0.15) is 0 Å². The van der Waals surface area contributed by atoms with E-state index in [0.717, 1.165) is 12.0 Å². The molecule has 0 unspecified atom stereocenters. The van der Waals surface area contributed by atoms with Gasteiger partial charge in [-0.1, -0.05) is 56.3 Å². The molecule has 0 radical (unpaired) electrons. The summed E-state index contributed by atoms with van der Waals surface area (Å²) in [4.78, 5) is 81.9. The van der Waals surface area contributed by atoms with Crippen LogP contribution < -0.4 is 26.0 Å². The van der Waals surface area contributed by atoms with Crippen LogP contribution in [0.3, 0.4) is 0 Å². The van der Waals surface area contributed by atoms with Crippen molar-refractivity contribution in [3.63, 3.8) is 0 Å². The zero-order valence-corrected chi connectivity index (χ0v) is 27.8. The van der Waals surface area contributed by atoms with Gasteiger partial charge in [0.25, 0.3) is 5.91 Å². The van der Waals surface area contributed by atoms with E-state index in [-0.39, 0.29) is 42.8 Å². The Balaban J connectivity index is 1.58. The highest BCUT2D eigenvalue weighted by atomic mass is 16.5. The minimum atomic E-state index is -1.27. The Kier molecular flexibility index (Phi) is 12.9. The molecule has 1 saturated heterocycles. The summed E-state index contributed by atoms with van der Waals surface area (Å²) in [6, 6.07) is 13.3. The molecule has 2 aliphatic heterocycles. The molecule has 2 aromatic carbocycles. The van der Waals surface area contributed by atoms with Crippen molar-refractivity contribution in [2.75, 3.05) is 39.8 Å². The van der Waals surface area contributed by atoms with Crippen LogP contribution in [0.15, 0.2) is 54.6 Å². The van der Waals surface area contributed by atoms with Crippen LogP contribution in [0.5, 0.6) is 5.75 Å². The number of nitrogens with zero attached hydrogens (tertiary/aromatic N) is 2. The molecule has 1 fully saturated rings. The Bertz CT molecular complexity index is 1470. The van der Waals surface area contributed by atoms with Crippen molar-refractivity contribution in [3.8, 4) is 5.75 Å². The summed E-state index contributed by atoms with van der Waals surface area (Å²) in [5, 5.41) is 11.1. The number of likely N-dealkylation sites (N-methyl/N-ethyl adjacent to an activating group) is 1. The third kappa shape index (κ3) is 10.3. The lowest BCUT2D eigenvalue weighted by Gasteiger charge is -2.28. The molecule has 4 N–H and O–H groups in total. The highest BCUT2D eigenvalue weighted by Gasteiger charge is 2.32. The number of rotatable bonds is 8. The van der Waals surface area contributed by atoms with Crippen molar-refractivity contribution in [3.05, 3.63) is 65.7 Å². The molecule has 4 rings (SSSR count). The Morgan fingerprint density at radius 3 is 2.40 bits per heavy atom. The largest absolute Gasteiger partial charge is 0.491 e. The first-order chi connectivity index (χ1) is 23.0. The van der Waals surface area contributed by atoms with E-state index in [9.17, 15) is 28.8 Å². The second-order valence-electron chi connectivity index (χ2n) is 12.6. The molecule has 13 nitrogen and oxygen atoms in total. The molecule has 0 spiro atoms. The van der Waals surface area contributed by atoms with Crippen LogP contribution >= 0.6 is 0 Å². The molecule has 6 amide bonds. The Labute approximate surface area is 281 Å². The molecule has 2 aliphatic rings. The van der Waals surface area contributed by atoms with Crippen LogP contribution in [0.2, 0.25) is 0 Å². The summed E-state index contributed by atoms with van der Waals surface area (Å²) in [5.74, 6) is -2.73. The molecule has 0 bridgehead atoms. The predicted molar refractivity (Wildman–Crippen MR) is 178 cm³/mol. The fourth-order valence-electron chi connectivity index (χ4n) is 5.75. The number of fused-ring (bicyclic) bond motifs is 1. The number of carbonyl (C=O) groups is 6. The van der Waals surface area contributed by atoms with E-state index in [0.29, 0.717) is 32.4 Å². The van der Waals surface area contributed by atoms with Crippen LogP contribution in [0.25, 0.3) is 0 Å². The normalized spacial score (nSPS) is 21.5. The van der Waals surface area contributed by atoms with Crippen LogP contribution in [0.4, 0.5) is 0 Å². The maximum atomic E-state index is 13.6. The van der Waals surface area contributed by atoms with Crippen molar-refractivity contribution in [1.29, 1.82) is 0 Å². The number of ether oxygens (including phenoxy) is 1. The SMILES string of the molecule is CC(C)[C@@H]1NC(=O)C[C@@H](C(=O)NCCCN2CCCC2=O)NC(=O)c2ccccc2OC[C@@H](Cc2ccccc2)NC(=O)CN(C)C1=O. The number of hydrogen-bond acceptors (Lipinski definition) is 7. The van der Waals surface area contributed by atoms with Gasteiger partial charge >= 0.3 is 0 Å². The predicted octanol–water partition coefficient (Wildman–Crippen LogP) is 1.02. The van der Waals surface area contributed by atoms with Gasteiger partial charge in [-0.25, -0.2) is 0 Å². The van der Waals surface area contributed by atoms with Crippen LogP contribution in [-0.4, -0.2) is 103 Å². The molecule has 0 aliphatic carbocycles. The van der Waals surface area contributed by atoms with E-state index in [2.05, 4.69) is 21.3 Å². The highest BCUT2D eigenvalue weighted by molar-refractivity contribution is 6.01. The maximum Gasteiger partial charge on any atom is 0.255 e. The summed E-state index contributed by atoms with van der Waals surface area (Å²) >= 11 is 0. The number of para-hydroxylation sites is 1. The zero-order valence-electron chi connectivity index (χ0n) is 27.8. The van der Waals surface area contributed by atoms with E-state index in [1.165, 1.54) is 11.9 Å². The fourth-order valence-corrected chi connectivity index (χ4v) is 5.75. The molecule has 2 aromatic rings. The second kappa shape index (κ2) is 17.3. The summed E-state index contributed by atoms with van der Waals surface area (Å²) in [7, 11) is 1.49. The molecule has 13 heteroatoms. The van der Waals surface area contributed by atoms with Crippen LogP contribution in [0.1, 0.15) is 55.5 Å². The lowest BCUT2D eigenvalue weighted by atomic mass is 10.0. The minimum Gasteiger partial charge on any atom is -0.491 e. The monoisotopic (exact) mass is 662 g/mol. The summed E-state index contributed by atoms with van der Waals surface area (Å²) < 4.78 is 6.10. The van der Waals surface area contributed by atoms with Gasteiger partial charge in [0.15, 0.2) is 0 Å². The van der Waals surface area contributed by atoms with Crippen LogP contribution in [0, 0.1) is 5.92 Å². The number of amides is 6. The Hall–Kier alpha value is -4.94. The van der Waals surface area contributed by atoms with Crippen molar-refractivity contribution in [2.24, 2.45) is 5.92 Å². The van der Waals surface area contributed by atoms with E-state index in [4.69, 9.17) is 4.74 Å². The van der Waals surface area contributed by atoms with E-state index in [1.807, 2.05) is 30.3 Å². The summed E-state index contributed by atoms with van der Waals surface area (Å²) in [6.07, 6.45) is 1.84. The molecule has 3 atom stereocenters. The smallest absolute Gasteiger partial charge is 0.255 e. The Morgan fingerprint density at radius 2 is 1.69 bits per heavy atom. The van der Waals surface area contributed by atoms with Gasteiger partial charge in [-0.3, -0.25) is 28.8 Å². The number of benzene rings is 2. The van der Waals surface area contributed by atoms with Gasteiger partial charge in [0.1, 0.15) is 24.4 Å². The number of likely N-dealkylation sites (tertiary alicyclic amines) is 1. The molecular formula is C35H46N6O7. The Morgan fingerprint density at radius 1 is 0.958 bits per heavy atom. The topological polar surface area (TPSA) is 166 Å². The first kappa shape index (κ1) is 35.9. The van der Waals surface area contributed by atoms with Crippen molar-refractivity contribution in [1.82, 2.24) is 31.1 Å². The standard InChI is InChI=1S/C35H46N6O7/c1-23(2)32-35(47)40(3)21-30(43)37-25(19-24-11-5-4-6-12-24)22-48-28-14-8-7-13-26(28)33(45)38-27(20-29(42)39-32)34(46)36-16-10-18-41-17-9-15-31(41)44/h4-8,11-14,23,25,27,32H,9-10,15-22H2,1-3H3,(H,36,46)(H,37,43)(H,38,45)(H,39,42)/t25-,27+,32+/m1/s1. The maximum absolute atomic E-state index is 13.6. The van der Waals surface area contributed by atoms with Gasteiger partial charge in [-0.05, 0) is 42.9 Å². The zero-order chi connectivity index (χ0) is 34.6. The van der Waals surface area contributed by atoms with Gasteiger partial charge in [-0.15, -0.1) is 0 Å². The van der Waals surface area contributed by atoms with Gasteiger partial charge < -0.3 is 35.8 Å². The molecular weight excluding hydrogens is 616 g/mol. The number of carbonyl (C=O) groups excluding carboxylic acids is 6. The molecule has 0 aromatic heterocycles. The quantitative estimate of drug-likeness (QED) is 0.307. The second-order valence-corrected chi connectivity index (χ2v) is 12.6. The van der Waals surface area contributed by atoms with E-state index < -0.39 is 54.1 Å². The van der Waals surface area contributed by atoms with Gasteiger partial charge in [0.2, 0.25) is 29.5 Å². The van der Waals surface area contributed by atoms with E-state index in [1.54, 1.807) is 43.0 Å². The third-order valence-electron chi connectivity index (χ3n) is 8.35. The molecule has 258 valence electrons. The molecule has 2 heterocycles. The van der Waals surface area contributed by atoms with Crippen molar-refractivity contribution in [2.45, 2.75) is 64.1 Å². The first-order valence-corrected chi connectivity index (χ1v) is 16.5. The summed E-state index contributed by atoms with van der Waals surface area (Å²) in [5.41, 5.74) is 1.10. The highest BCUT2D eigenvalue weighted by Crippen LogP contribution is 2.19. The number of nitrogens with one attached hydrogen (secondary N) is 4. The molecule has 48 heavy (non-hydrogen) atoms. The lowest BCUT2D eigenvalue weighted by Crippen LogP contribution is -2.54. The first-order valence-electron chi connectivity index (χ1n) is 16.5. The fraction of sp³-hybridized carbons (Fsp3) is 0.486.